The summed E-state index contributed by atoms with van der Waals surface area (Å²) in [6.45, 7) is 4.75. The van der Waals surface area contributed by atoms with Crippen molar-refractivity contribution in [1.29, 1.82) is 5.26 Å². The van der Waals surface area contributed by atoms with E-state index in [1.54, 1.807) is 0 Å². The first-order chi connectivity index (χ1) is 8.14. The fourth-order valence-electron chi connectivity index (χ4n) is 1.61. The molecule has 0 saturated heterocycles. The molecule has 0 radical (unpaired) electrons. The molecule has 0 N–H and O–H groups in total. The van der Waals surface area contributed by atoms with Crippen molar-refractivity contribution in [3.8, 4) is 11.8 Å². The van der Waals surface area contributed by atoms with E-state index in [1.807, 2.05) is 44.2 Å². The molecular formula is C15H21NO. The Morgan fingerprint density at radius 1 is 1.12 bits per heavy atom. The number of nitrogens with zero attached hydrogens (tertiary/aromatic N) is 1. The Bertz CT molecular complexity index is 351. The number of rotatable bonds is 7. The van der Waals surface area contributed by atoms with Gasteiger partial charge in [-0.25, -0.2) is 0 Å². The summed E-state index contributed by atoms with van der Waals surface area (Å²) in [5, 5.41) is 8.87. The van der Waals surface area contributed by atoms with Crippen LogP contribution in [-0.4, -0.2) is 6.61 Å². The topological polar surface area (TPSA) is 33.0 Å². The van der Waals surface area contributed by atoms with Gasteiger partial charge in [0.15, 0.2) is 0 Å². The molecule has 92 valence electrons. The van der Waals surface area contributed by atoms with Gasteiger partial charge in [0.25, 0.3) is 0 Å². The largest absolute Gasteiger partial charge is 0.494 e. The fourth-order valence-corrected chi connectivity index (χ4v) is 1.61. The molecule has 0 saturated carbocycles. The van der Waals surface area contributed by atoms with Crippen LogP contribution in [0.15, 0.2) is 30.3 Å². The fraction of sp³-hybridized carbons (Fsp3) is 0.533. The van der Waals surface area contributed by atoms with Gasteiger partial charge in [-0.1, -0.05) is 31.0 Å². The van der Waals surface area contributed by atoms with Gasteiger partial charge < -0.3 is 4.74 Å². The van der Waals surface area contributed by atoms with E-state index < -0.39 is 0 Å². The van der Waals surface area contributed by atoms with Gasteiger partial charge in [-0.05, 0) is 38.8 Å². The highest BCUT2D eigenvalue weighted by molar-refractivity contribution is 5.20. The highest BCUT2D eigenvalue weighted by Gasteiger charge is 2.15. The predicted octanol–water partition coefficient (Wildman–Crippen LogP) is 4.18. The SMILES string of the molecule is CC(C)(C#N)CCCCCOc1ccccc1. The molecule has 0 aliphatic heterocycles. The third kappa shape index (κ3) is 5.97. The maximum Gasteiger partial charge on any atom is 0.119 e. The Kier molecular flexibility index (Phi) is 5.56. The second-order valence-electron chi connectivity index (χ2n) is 4.97. The Morgan fingerprint density at radius 2 is 1.82 bits per heavy atom. The molecule has 0 atom stereocenters. The molecule has 1 aromatic carbocycles. The molecule has 17 heavy (non-hydrogen) atoms. The molecule has 0 amide bonds. The highest BCUT2D eigenvalue weighted by Crippen LogP contribution is 2.22. The van der Waals surface area contributed by atoms with Crippen molar-refractivity contribution in [3.05, 3.63) is 30.3 Å². The van der Waals surface area contributed by atoms with Gasteiger partial charge in [0.1, 0.15) is 5.75 Å². The van der Waals surface area contributed by atoms with Gasteiger partial charge in [-0.3, -0.25) is 0 Å². The molecule has 0 bridgehead atoms. The second kappa shape index (κ2) is 6.96. The van der Waals surface area contributed by atoms with Crippen LogP contribution in [0.4, 0.5) is 0 Å². The van der Waals surface area contributed by atoms with Crippen molar-refractivity contribution in [2.24, 2.45) is 5.41 Å². The van der Waals surface area contributed by atoms with Gasteiger partial charge in [0, 0.05) is 0 Å². The van der Waals surface area contributed by atoms with Crippen LogP contribution in [-0.2, 0) is 0 Å². The standard InChI is InChI=1S/C15H21NO/c1-15(2,13-16)11-7-4-8-12-17-14-9-5-3-6-10-14/h3,5-6,9-10H,4,7-8,11-12H2,1-2H3. The molecule has 2 heteroatoms. The molecule has 2 nitrogen and oxygen atoms in total. The maximum atomic E-state index is 8.87. The number of benzene rings is 1. The van der Waals surface area contributed by atoms with Crippen molar-refractivity contribution in [1.82, 2.24) is 0 Å². The third-order valence-electron chi connectivity index (χ3n) is 2.76. The lowest BCUT2D eigenvalue weighted by molar-refractivity contribution is 0.300. The Hall–Kier alpha value is -1.49. The minimum absolute atomic E-state index is 0.180. The summed E-state index contributed by atoms with van der Waals surface area (Å²) in [6.07, 6.45) is 4.24. The normalized spacial score (nSPS) is 10.9. The number of hydrogen-bond acceptors (Lipinski definition) is 2. The summed E-state index contributed by atoms with van der Waals surface area (Å²) in [6, 6.07) is 12.2. The molecule has 0 unspecified atom stereocenters. The zero-order valence-electron chi connectivity index (χ0n) is 10.8. The first kappa shape index (κ1) is 13.6. The van der Waals surface area contributed by atoms with E-state index in [9.17, 15) is 0 Å². The van der Waals surface area contributed by atoms with Gasteiger partial charge in [0.2, 0.25) is 0 Å². The lowest BCUT2D eigenvalue weighted by atomic mass is 9.89. The van der Waals surface area contributed by atoms with Gasteiger partial charge >= 0.3 is 0 Å². The first-order valence-corrected chi connectivity index (χ1v) is 6.23. The van der Waals surface area contributed by atoms with Crippen LogP contribution in [0.1, 0.15) is 39.5 Å². The van der Waals surface area contributed by atoms with E-state index in [-0.39, 0.29) is 5.41 Å². The molecule has 0 aliphatic rings. The number of nitriles is 1. The predicted molar refractivity (Wildman–Crippen MR) is 69.8 cm³/mol. The molecule has 1 aromatic rings. The summed E-state index contributed by atoms with van der Waals surface area (Å²) in [5.41, 5.74) is -0.180. The second-order valence-corrected chi connectivity index (χ2v) is 4.97. The maximum absolute atomic E-state index is 8.87. The molecule has 0 aromatic heterocycles. The lowest BCUT2D eigenvalue weighted by Crippen LogP contribution is -2.07. The average molecular weight is 231 g/mol. The number of para-hydroxylation sites is 1. The van der Waals surface area contributed by atoms with E-state index in [2.05, 4.69) is 6.07 Å². The van der Waals surface area contributed by atoms with E-state index in [4.69, 9.17) is 10.00 Å². The molecule has 0 spiro atoms. The zero-order chi connectivity index (χ0) is 12.6. The van der Waals surface area contributed by atoms with Crippen LogP contribution < -0.4 is 4.74 Å². The summed E-state index contributed by atoms with van der Waals surface area (Å²) in [5.74, 6) is 0.935. The van der Waals surface area contributed by atoms with Crippen molar-refractivity contribution in [3.63, 3.8) is 0 Å². The summed E-state index contributed by atoms with van der Waals surface area (Å²) < 4.78 is 5.60. The zero-order valence-corrected chi connectivity index (χ0v) is 10.8. The summed E-state index contributed by atoms with van der Waals surface area (Å²) >= 11 is 0. The number of unbranched alkanes of at least 4 members (excludes halogenated alkanes) is 2. The van der Waals surface area contributed by atoms with Crippen LogP contribution >= 0.6 is 0 Å². The quantitative estimate of drug-likeness (QED) is 0.660. The van der Waals surface area contributed by atoms with Crippen LogP contribution in [0.3, 0.4) is 0 Å². The number of ether oxygens (including phenoxy) is 1. The van der Waals surface area contributed by atoms with Crippen LogP contribution in [0, 0.1) is 16.7 Å². The van der Waals surface area contributed by atoms with E-state index in [1.165, 1.54) is 0 Å². The highest BCUT2D eigenvalue weighted by atomic mass is 16.5. The minimum Gasteiger partial charge on any atom is -0.494 e. The minimum atomic E-state index is -0.180. The smallest absolute Gasteiger partial charge is 0.119 e. The van der Waals surface area contributed by atoms with Gasteiger partial charge in [-0.2, -0.15) is 5.26 Å². The molecule has 0 aliphatic carbocycles. The first-order valence-electron chi connectivity index (χ1n) is 6.23. The van der Waals surface area contributed by atoms with Crippen molar-refractivity contribution in [2.75, 3.05) is 6.61 Å². The molecule has 0 fully saturated rings. The van der Waals surface area contributed by atoms with E-state index in [0.29, 0.717) is 0 Å². The van der Waals surface area contributed by atoms with Gasteiger partial charge in [-0.15, -0.1) is 0 Å². The van der Waals surface area contributed by atoms with Crippen molar-refractivity contribution >= 4 is 0 Å². The lowest BCUT2D eigenvalue weighted by Gasteiger charge is -2.14. The average Bonchev–Trinajstić information content (AvgIpc) is 2.35. The third-order valence-corrected chi connectivity index (χ3v) is 2.76. The Balaban J connectivity index is 2.04. The monoisotopic (exact) mass is 231 g/mol. The number of hydrogen-bond donors (Lipinski definition) is 0. The molecule has 1 rings (SSSR count). The molecular weight excluding hydrogens is 210 g/mol. The van der Waals surface area contributed by atoms with E-state index in [0.717, 1.165) is 38.0 Å². The Morgan fingerprint density at radius 3 is 2.47 bits per heavy atom. The van der Waals surface area contributed by atoms with Crippen LogP contribution in [0.5, 0.6) is 5.75 Å². The Labute approximate surface area is 104 Å². The van der Waals surface area contributed by atoms with Crippen LogP contribution in [0.2, 0.25) is 0 Å². The van der Waals surface area contributed by atoms with Crippen LogP contribution in [0.25, 0.3) is 0 Å². The molecule has 0 heterocycles. The summed E-state index contributed by atoms with van der Waals surface area (Å²) in [7, 11) is 0. The van der Waals surface area contributed by atoms with Crippen molar-refractivity contribution in [2.45, 2.75) is 39.5 Å². The summed E-state index contributed by atoms with van der Waals surface area (Å²) in [4.78, 5) is 0. The van der Waals surface area contributed by atoms with E-state index >= 15 is 0 Å². The van der Waals surface area contributed by atoms with Gasteiger partial charge in [0.05, 0.1) is 18.1 Å². The van der Waals surface area contributed by atoms with Crippen molar-refractivity contribution < 1.29 is 4.74 Å².